The van der Waals surface area contributed by atoms with Gasteiger partial charge in [0.25, 0.3) is 5.91 Å². The van der Waals surface area contributed by atoms with Crippen LogP contribution in [0.3, 0.4) is 0 Å². The summed E-state index contributed by atoms with van der Waals surface area (Å²) in [6, 6.07) is 11.9. The van der Waals surface area contributed by atoms with Crippen LogP contribution in [0.2, 0.25) is 0 Å². The number of carbonyl (C=O) groups is 1. The molecule has 0 fully saturated rings. The number of rotatable bonds is 6. The van der Waals surface area contributed by atoms with E-state index < -0.39 is 0 Å². The monoisotopic (exact) mass is 353 g/mol. The molecule has 3 aromatic rings. The fourth-order valence-corrected chi connectivity index (χ4v) is 3.86. The standard InChI is InChI=1S/C20H19NO3S/c22-20(21-11-18-5-2-8-23-18)19-9-14(13-25-19)12-24-17-7-6-15-3-1-4-16(15)10-17/h2,5-10,13H,1,3-4,11-12H2,(H,21,22). The lowest BCUT2D eigenvalue weighted by Gasteiger charge is -2.07. The molecule has 2 aromatic heterocycles. The van der Waals surface area contributed by atoms with Crippen LogP contribution in [-0.2, 0) is 26.0 Å². The third-order valence-corrected chi connectivity index (χ3v) is 5.33. The smallest absolute Gasteiger partial charge is 0.261 e. The number of aryl methyl sites for hydroxylation is 2. The predicted octanol–water partition coefficient (Wildman–Crippen LogP) is 4.34. The van der Waals surface area contributed by atoms with Gasteiger partial charge in [-0.3, -0.25) is 4.79 Å². The molecule has 0 saturated heterocycles. The zero-order valence-corrected chi connectivity index (χ0v) is 14.6. The van der Waals surface area contributed by atoms with Crippen LogP contribution in [0.4, 0.5) is 0 Å². The molecule has 0 radical (unpaired) electrons. The highest BCUT2D eigenvalue weighted by Gasteiger charge is 2.12. The SMILES string of the molecule is O=C(NCc1ccco1)c1cc(COc2ccc3c(c2)CCC3)cs1. The molecular formula is C20H19NO3S. The maximum absolute atomic E-state index is 12.2. The van der Waals surface area contributed by atoms with Crippen molar-refractivity contribution in [3.05, 3.63) is 75.4 Å². The van der Waals surface area contributed by atoms with Gasteiger partial charge < -0.3 is 14.5 Å². The molecule has 1 aliphatic carbocycles. The Bertz CT molecular complexity index is 867. The van der Waals surface area contributed by atoms with Crippen molar-refractivity contribution >= 4 is 17.2 Å². The fraction of sp³-hybridized carbons (Fsp3) is 0.250. The Kier molecular flexibility index (Phi) is 4.57. The average molecular weight is 353 g/mol. The normalized spacial score (nSPS) is 12.8. The molecule has 0 unspecified atom stereocenters. The number of amides is 1. The minimum absolute atomic E-state index is 0.0924. The van der Waals surface area contributed by atoms with Crippen molar-refractivity contribution in [2.24, 2.45) is 0 Å². The summed E-state index contributed by atoms with van der Waals surface area (Å²) >= 11 is 1.43. The summed E-state index contributed by atoms with van der Waals surface area (Å²) in [6.07, 6.45) is 5.16. The maximum atomic E-state index is 12.2. The van der Waals surface area contributed by atoms with E-state index >= 15 is 0 Å². The van der Waals surface area contributed by atoms with E-state index in [2.05, 4.69) is 17.4 Å². The van der Waals surface area contributed by atoms with Crippen molar-refractivity contribution in [1.82, 2.24) is 5.32 Å². The third kappa shape index (κ3) is 3.77. The second kappa shape index (κ2) is 7.15. The molecule has 1 N–H and O–H groups in total. The van der Waals surface area contributed by atoms with Crippen molar-refractivity contribution in [1.29, 1.82) is 0 Å². The topological polar surface area (TPSA) is 51.5 Å². The molecule has 5 heteroatoms. The highest BCUT2D eigenvalue weighted by atomic mass is 32.1. The zero-order valence-electron chi connectivity index (χ0n) is 13.8. The number of fused-ring (bicyclic) bond motifs is 1. The minimum Gasteiger partial charge on any atom is -0.489 e. The van der Waals surface area contributed by atoms with Crippen LogP contribution in [0.15, 0.2) is 52.5 Å². The second-order valence-electron chi connectivity index (χ2n) is 6.15. The molecular weight excluding hydrogens is 334 g/mol. The molecule has 1 amide bonds. The van der Waals surface area contributed by atoms with Gasteiger partial charge >= 0.3 is 0 Å². The number of ether oxygens (including phenoxy) is 1. The highest BCUT2D eigenvalue weighted by molar-refractivity contribution is 7.12. The van der Waals surface area contributed by atoms with Crippen molar-refractivity contribution in [3.8, 4) is 5.75 Å². The Labute approximate surface area is 150 Å². The number of hydrogen-bond acceptors (Lipinski definition) is 4. The van der Waals surface area contributed by atoms with E-state index in [4.69, 9.17) is 9.15 Å². The van der Waals surface area contributed by atoms with Crippen molar-refractivity contribution in [3.63, 3.8) is 0 Å². The number of furan rings is 1. The molecule has 1 aromatic carbocycles. The molecule has 0 aliphatic heterocycles. The van der Waals surface area contributed by atoms with E-state index in [-0.39, 0.29) is 5.91 Å². The van der Waals surface area contributed by atoms with Gasteiger partial charge in [0.15, 0.2) is 0 Å². The Morgan fingerprint density at radius 1 is 1.20 bits per heavy atom. The quantitative estimate of drug-likeness (QED) is 0.717. The van der Waals surface area contributed by atoms with Gasteiger partial charge in [0.1, 0.15) is 18.1 Å². The zero-order chi connectivity index (χ0) is 17.1. The number of benzene rings is 1. The van der Waals surface area contributed by atoms with Crippen LogP contribution in [0.5, 0.6) is 5.75 Å². The van der Waals surface area contributed by atoms with Crippen LogP contribution in [-0.4, -0.2) is 5.91 Å². The molecule has 0 spiro atoms. The number of hydrogen-bond donors (Lipinski definition) is 1. The summed E-state index contributed by atoms with van der Waals surface area (Å²) in [7, 11) is 0. The summed E-state index contributed by atoms with van der Waals surface area (Å²) in [4.78, 5) is 12.9. The van der Waals surface area contributed by atoms with Gasteiger partial charge in [-0.05, 0) is 66.1 Å². The largest absolute Gasteiger partial charge is 0.489 e. The van der Waals surface area contributed by atoms with E-state index in [0.717, 1.165) is 23.5 Å². The molecule has 4 nitrogen and oxygen atoms in total. The van der Waals surface area contributed by atoms with Gasteiger partial charge in [-0.1, -0.05) is 6.07 Å². The van der Waals surface area contributed by atoms with E-state index in [1.54, 1.807) is 12.3 Å². The summed E-state index contributed by atoms with van der Waals surface area (Å²) in [5.74, 6) is 1.55. The first-order chi connectivity index (χ1) is 12.3. The first-order valence-electron chi connectivity index (χ1n) is 8.40. The number of thiophene rings is 1. The van der Waals surface area contributed by atoms with Crippen LogP contribution in [0.25, 0.3) is 0 Å². The van der Waals surface area contributed by atoms with Crippen molar-refractivity contribution in [2.45, 2.75) is 32.4 Å². The molecule has 0 saturated carbocycles. The van der Waals surface area contributed by atoms with Crippen molar-refractivity contribution in [2.75, 3.05) is 0 Å². The molecule has 1 aliphatic rings. The summed E-state index contributed by atoms with van der Waals surface area (Å²) in [5, 5.41) is 4.82. The Hall–Kier alpha value is -2.53. The summed E-state index contributed by atoms with van der Waals surface area (Å²) in [5.41, 5.74) is 3.85. The first-order valence-corrected chi connectivity index (χ1v) is 9.28. The van der Waals surface area contributed by atoms with E-state index in [9.17, 15) is 4.79 Å². The Morgan fingerprint density at radius 2 is 2.12 bits per heavy atom. The van der Waals surface area contributed by atoms with Crippen LogP contribution in [0, 0.1) is 0 Å². The molecule has 4 rings (SSSR count). The Balaban J connectivity index is 1.32. The summed E-state index contributed by atoms with van der Waals surface area (Å²) in [6.45, 7) is 0.867. The molecule has 25 heavy (non-hydrogen) atoms. The fourth-order valence-electron chi connectivity index (χ4n) is 3.04. The predicted molar refractivity (Wildman–Crippen MR) is 97.0 cm³/mol. The van der Waals surface area contributed by atoms with Gasteiger partial charge in [-0.2, -0.15) is 0 Å². The van der Waals surface area contributed by atoms with Crippen LogP contribution < -0.4 is 10.1 Å². The number of carbonyl (C=O) groups excluding carboxylic acids is 1. The highest BCUT2D eigenvalue weighted by Crippen LogP contribution is 2.26. The van der Waals surface area contributed by atoms with E-state index in [1.165, 1.54) is 35.3 Å². The second-order valence-corrected chi connectivity index (χ2v) is 7.07. The minimum atomic E-state index is -0.0924. The van der Waals surface area contributed by atoms with Gasteiger partial charge in [0.05, 0.1) is 17.7 Å². The first kappa shape index (κ1) is 16.0. The Morgan fingerprint density at radius 3 is 3.00 bits per heavy atom. The molecule has 2 heterocycles. The maximum Gasteiger partial charge on any atom is 0.261 e. The van der Waals surface area contributed by atoms with Gasteiger partial charge in [0, 0.05) is 5.56 Å². The molecule has 128 valence electrons. The van der Waals surface area contributed by atoms with Gasteiger partial charge in [0.2, 0.25) is 0 Å². The summed E-state index contributed by atoms with van der Waals surface area (Å²) < 4.78 is 11.1. The lowest BCUT2D eigenvalue weighted by atomic mass is 10.1. The van der Waals surface area contributed by atoms with Gasteiger partial charge in [-0.25, -0.2) is 0 Å². The number of nitrogens with one attached hydrogen (secondary N) is 1. The van der Waals surface area contributed by atoms with Gasteiger partial charge in [-0.15, -0.1) is 11.3 Å². The molecule has 0 atom stereocenters. The van der Waals surface area contributed by atoms with Crippen LogP contribution in [0.1, 0.15) is 38.5 Å². The lowest BCUT2D eigenvalue weighted by molar-refractivity contribution is 0.0952. The molecule has 0 bridgehead atoms. The average Bonchev–Trinajstić information content (AvgIpc) is 3.39. The van der Waals surface area contributed by atoms with E-state index in [0.29, 0.717) is 18.0 Å². The van der Waals surface area contributed by atoms with E-state index in [1.807, 2.05) is 23.6 Å². The van der Waals surface area contributed by atoms with Crippen LogP contribution >= 0.6 is 11.3 Å². The lowest BCUT2D eigenvalue weighted by Crippen LogP contribution is -2.21. The third-order valence-electron chi connectivity index (χ3n) is 4.36. The van der Waals surface area contributed by atoms with Crippen molar-refractivity contribution < 1.29 is 13.9 Å².